The van der Waals surface area contributed by atoms with Crippen LogP contribution in [0.1, 0.15) is 33.6 Å². The van der Waals surface area contributed by atoms with Crippen LogP contribution in [-0.2, 0) is 6.54 Å². The first-order valence-corrected chi connectivity index (χ1v) is 7.06. The molecule has 1 aromatic rings. The number of anilines is 1. The van der Waals surface area contributed by atoms with Crippen molar-refractivity contribution in [2.75, 3.05) is 11.4 Å². The minimum Gasteiger partial charge on any atom is -0.349 e. The molecule has 5 heteroatoms. The first kappa shape index (κ1) is 14.1. The van der Waals surface area contributed by atoms with Crippen molar-refractivity contribution in [2.24, 2.45) is 11.7 Å². The molecule has 19 heavy (non-hydrogen) atoms. The van der Waals surface area contributed by atoms with Gasteiger partial charge in [-0.2, -0.15) is 0 Å². The number of aromatic nitrogens is 2. The quantitative estimate of drug-likeness (QED) is 0.891. The van der Waals surface area contributed by atoms with Crippen LogP contribution in [-0.4, -0.2) is 28.2 Å². The fraction of sp³-hybridized carbons (Fsp3) is 0.714. The van der Waals surface area contributed by atoms with Crippen LogP contribution in [0.2, 0.25) is 0 Å². The summed E-state index contributed by atoms with van der Waals surface area (Å²) in [6, 6.07) is 0.520. The van der Waals surface area contributed by atoms with Gasteiger partial charge in [-0.25, -0.2) is 4.98 Å². The Labute approximate surface area is 114 Å². The predicted molar refractivity (Wildman–Crippen MR) is 77.4 cm³/mol. The van der Waals surface area contributed by atoms with E-state index >= 15 is 0 Å². The molecule has 0 aromatic carbocycles. The summed E-state index contributed by atoms with van der Waals surface area (Å²) in [5, 5.41) is 0. The monoisotopic (exact) mass is 264 g/mol. The van der Waals surface area contributed by atoms with Crippen molar-refractivity contribution >= 4 is 5.82 Å². The minimum atomic E-state index is 0.0125. The Morgan fingerprint density at radius 1 is 1.53 bits per heavy atom. The lowest BCUT2D eigenvalue weighted by molar-refractivity contribution is 0.423. The molecule has 0 bridgehead atoms. The van der Waals surface area contributed by atoms with Gasteiger partial charge < -0.3 is 15.2 Å². The van der Waals surface area contributed by atoms with Gasteiger partial charge in [0.2, 0.25) is 0 Å². The highest BCUT2D eigenvalue weighted by Crippen LogP contribution is 2.19. The second-order valence-corrected chi connectivity index (χ2v) is 5.93. The van der Waals surface area contributed by atoms with Crippen LogP contribution in [0.4, 0.5) is 5.82 Å². The van der Waals surface area contributed by atoms with Gasteiger partial charge in [0.1, 0.15) is 0 Å². The van der Waals surface area contributed by atoms with Crippen LogP contribution >= 0.6 is 0 Å². The van der Waals surface area contributed by atoms with Crippen LogP contribution in [0.5, 0.6) is 0 Å². The second kappa shape index (κ2) is 5.74. The lowest BCUT2D eigenvalue weighted by Gasteiger charge is -2.36. The van der Waals surface area contributed by atoms with E-state index in [-0.39, 0.29) is 17.6 Å². The Kier molecular flexibility index (Phi) is 4.24. The van der Waals surface area contributed by atoms with Gasteiger partial charge in [-0.3, -0.25) is 4.79 Å². The Morgan fingerprint density at radius 3 is 2.89 bits per heavy atom. The smallest absolute Gasteiger partial charge is 0.293 e. The summed E-state index contributed by atoms with van der Waals surface area (Å²) < 4.78 is 1.76. The van der Waals surface area contributed by atoms with E-state index in [0.29, 0.717) is 11.7 Å². The van der Waals surface area contributed by atoms with Gasteiger partial charge in [0.25, 0.3) is 5.56 Å². The van der Waals surface area contributed by atoms with Crippen molar-refractivity contribution in [3.63, 3.8) is 0 Å². The van der Waals surface area contributed by atoms with Gasteiger partial charge in [0.15, 0.2) is 5.82 Å². The van der Waals surface area contributed by atoms with Crippen molar-refractivity contribution in [3.8, 4) is 0 Å². The number of hydrogen-bond acceptors (Lipinski definition) is 4. The molecule has 2 unspecified atom stereocenters. The number of nitrogens with two attached hydrogens (primary N) is 1. The molecule has 0 saturated carbocycles. The molecular formula is C14H24N4O. The lowest BCUT2D eigenvalue weighted by Crippen LogP contribution is -2.48. The Morgan fingerprint density at radius 2 is 2.26 bits per heavy atom. The van der Waals surface area contributed by atoms with Gasteiger partial charge in [-0.1, -0.05) is 13.8 Å². The van der Waals surface area contributed by atoms with Gasteiger partial charge in [-0.05, 0) is 25.7 Å². The summed E-state index contributed by atoms with van der Waals surface area (Å²) in [5.41, 5.74) is 5.98. The average Bonchev–Trinajstić information content (AvgIpc) is 2.32. The van der Waals surface area contributed by atoms with E-state index in [9.17, 15) is 4.79 Å². The van der Waals surface area contributed by atoms with E-state index in [4.69, 9.17) is 5.73 Å². The van der Waals surface area contributed by atoms with E-state index in [2.05, 4.69) is 30.7 Å². The molecular weight excluding hydrogens is 240 g/mol. The summed E-state index contributed by atoms with van der Waals surface area (Å²) in [5.74, 6) is 1.02. The molecule has 1 aliphatic rings. The molecule has 5 nitrogen and oxygen atoms in total. The molecule has 0 aliphatic carbocycles. The maximum Gasteiger partial charge on any atom is 0.293 e. The standard InChI is InChI=1S/C14H24N4O/c1-10(2)9-17-7-5-16-13(14(17)19)18-6-4-12(15)8-11(18)3/h5,7,10-12H,4,6,8-9,15H2,1-3H3. The minimum absolute atomic E-state index is 0.0125. The van der Waals surface area contributed by atoms with Crippen LogP contribution in [0.15, 0.2) is 17.2 Å². The number of piperidine rings is 1. The van der Waals surface area contributed by atoms with Crippen molar-refractivity contribution in [1.82, 2.24) is 9.55 Å². The maximum absolute atomic E-state index is 12.5. The van der Waals surface area contributed by atoms with Crippen LogP contribution < -0.4 is 16.2 Å². The van der Waals surface area contributed by atoms with Crippen LogP contribution in [0.3, 0.4) is 0 Å². The summed E-state index contributed by atoms with van der Waals surface area (Å²) in [4.78, 5) is 18.9. The number of rotatable bonds is 3. The highest BCUT2D eigenvalue weighted by atomic mass is 16.1. The van der Waals surface area contributed by atoms with E-state index in [1.165, 1.54) is 0 Å². The zero-order valence-corrected chi connectivity index (χ0v) is 12.0. The first-order valence-electron chi connectivity index (χ1n) is 7.06. The van der Waals surface area contributed by atoms with Crippen LogP contribution in [0, 0.1) is 5.92 Å². The fourth-order valence-corrected chi connectivity index (χ4v) is 2.69. The van der Waals surface area contributed by atoms with Crippen molar-refractivity contribution in [1.29, 1.82) is 0 Å². The normalized spacial score (nSPS) is 23.9. The highest BCUT2D eigenvalue weighted by molar-refractivity contribution is 5.38. The third-order valence-electron chi connectivity index (χ3n) is 3.65. The average molecular weight is 264 g/mol. The zero-order chi connectivity index (χ0) is 14.0. The van der Waals surface area contributed by atoms with Gasteiger partial charge in [0, 0.05) is 37.6 Å². The molecule has 2 rings (SSSR count). The summed E-state index contributed by atoms with van der Waals surface area (Å²) in [6.07, 6.45) is 5.33. The topological polar surface area (TPSA) is 64.2 Å². The molecule has 1 saturated heterocycles. The third kappa shape index (κ3) is 3.15. The molecule has 106 valence electrons. The fourth-order valence-electron chi connectivity index (χ4n) is 2.69. The van der Waals surface area contributed by atoms with E-state index < -0.39 is 0 Å². The largest absolute Gasteiger partial charge is 0.349 e. The molecule has 2 heterocycles. The number of hydrogen-bond donors (Lipinski definition) is 1. The third-order valence-corrected chi connectivity index (χ3v) is 3.65. The first-order chi connectivity index (χ1) is 8.99. The molecule has 2 N–H and O–H groups in total. The maximum atomic E-state index is 12.5. The van der Waals surface area contributed by atoms with Crippen molar-refractivity contribution < 1.29 is 0 Å². The lowest BCUT2D eigenvalue weighted by atomic mass is 9.99. The van der Waals surface area contributed by atoms with Gasteiger partial charge in [-0.15, -0.1) is 0 Å². The predicted octanol–water partition coefficient (Wildman–Crippen LogP) is 1.22. The van der Waals surface area contributed by atoms with Crippen molar-refractivity contribution in [3.05, 3.63) is 22.7 Å². The molecule has 1 aromatic heterocycles. The second-order valence-electron chi connectivity index (χ2n) is 5.93. The van der Waals surface area contributed by atoms with E-state index in [1.54, 1.807) is 17.0 Å². The van der Waals surface area contributed by atoms with E-state index in [0.717, 1.165) is 25.9 Å². The SMILES string of the molecule is CC(C)Cn1ccnc(N2CCC(N)CC2C)c1=O. The Hall–Kier alpha value is -1.36. The summed E-state index contributed by atoms with van der Waals surface area (Å²) >= 11 is 0. The molecule has 2 atom stereocenters. The van der Waals surface area contributed by atoms with Gasteiger partial charge in [0.05, 0.1) is 0 Å². The van der Waals surface area contributed by atoms with Crippen LogP contribution in [0.25, 0.3) is 0 Å². The van der Waals surface area contributed by atoms with Crippen molar-refractivity contribution in [2.45, 2.75) is 52.2 Å². The zero-order valence-electron chi connectivity index (χ0n) is 12.0. The Balaban J connectivity index is 2.27. The number of nitrogens with zero attached hydrogens (tertiary/aromatic N) is 3. The molecule has 0 amide bonds. The highest BCUT2D eigenvalue weighted by Gasteiger charge is 2.26. The molecule has 1 fully saturated rings. The van der Waals surface area contributed by atoms with E-state index in [1.807, 2.05) is 0 Å². The molecule has 0 radical (unpaired) electrons. The Bertz CT molecular complexity index is 483. The van der Waals surface area contributed by atoms with Gasteiger partial charge >= 0.3 is 0 Å². The summed E-state index contributed by atoms with van der Waals surface area (Å²) in [7, 11) is 0. The molecule has 0 spiro atoms. The summed E-state index contributed by atoms with van der Waals surface area (Å²) in [6.45, 7) is 7.87. The molecule has 1 aliphatic heterocycles.